The molecule has 0 unspecified atom stereocenters. The average Bonchev–Trinajstić information content (AvgIpc) is 2.26. The number of halogens is 3. The smallest absolute Gasteiger partial charge is 0.379 e. The lowest BCUT2D eigenvalue weighted by Gasteiger charge is -2.14. The molecule has 0 spiro atoms. The van der Waals surface area contributed by atoms with Crippen LogP contribution in [0.2, 0.25) is 0 Å². The molecule has 0 heterocycles. The van der Waals surface area contributed by atoms with Crippen LogP contribution < -0.4 is 5.32 Å². The summed E-state index contributed by atoms with van der Waals surface area (Å²) in [5.41, 5.74) is -2.57. The van der Waals surface area contributed by atoms with Crippen molar-refractivity contribution in [2.45, 2.75) is 18.9 Å². The summed E-state index contributed by atoms with van der Waals surface area (Å²) in [6.07, 6.45) is -6.71. The van der Waals surface area contributed by atoms with Crippen molar-refractivity contribution in [3.8, 4) is 0 Å². The molecule has 0 saturated heterocycles. The summed E-state index contributed by atoms with van der Waals surface area (Å²) < 4.78 is 38.1. The number of hydrogen-bond acceptors (Lipinski definition) is 5. The third-order valence-electron chi connectivity index (χ3n) is 2.25. The number of nitrogens with one attached hydrogen (secondary N) is 1. The van der Waals surface area contributed by atoms with Gasteiger partial charge in [0, 0.05) is 19.0 Å². The van der Waals surface area contributed by atoms with Gasteiger partial charge in [-0.2, -0.15) is 13.2 Å². The highest BCUT2D eigenvalue weighted by Gasteiger charge is 2.36. The fraction of sp³-hybridized carbons (Fsp3) is 0.400. The second-order valence-corrected chi connectivity index (χ2v) is 3.65. The third-order valence-corrected chi connectivity index (χ3v) is 2.25. The summed E-state index contributed by atoms with van der Waals surface area (Å²) in [5.74, 6) is 0. The van der Waals surface area contributed by atoms with Crippen molar-refractivity contribution in [2.75, 3.05) is 11.9 Å². The van der Waals surface area contributed by atoms with Gasteiger partial charge in [-0.05, 0) is 6.07 Å². The van der Waals surface area contributed by atoms with E-state index in [-0.39, 0.29) is 13.0 Å². The van der Waals surface area contributed by atoms with Crippen LogP contribution in [0.1, 0.15) is 12.0 Å². The first-order chi connectivity index (χ1) is 8.73. The number of aliphatic hydroxyl groups is 2. The number of para-hydroxylation sites is 1. The molecule has 6 nitrogen and oxygen atoms in total. The number of alkyl halides is 3. The van der Waals surface area contributed by atoms with Gasteiger partial charge in [0.25, 0.3) is 5.69 Å². The highest BCUT2D eigenvalue weighted by Crippen LogP contribution is 2.39. The number of nitro groups is 1. The molecule has 0 aliphatic carbocycles. The Bertz CT molecular complexity index is 463. The zero-order chi connectivity index (χ0) is 14.6. The number of aliphatic hydroxyl groups excluding tert-OH is 1. The molecule has 0 aromatic heterocycles. The van der Waals surface area contributed by atoms with Gasteiger partial charge in [-0.15, -0.1) is 0 Å². The van der Waals surface area contributed by atoms with Crippen LogP contribution in [-0.4, -0.2) is 28.0 Å². The molecule has 0 amide bonds. The fourth-order valence-electron chi connectivity index (χ4n) is 1.44. The van der Waals surface area contributed by atoms with E-state index in [1.54, 1.807) is 0 Å². The molecule has 1 rings (SSSR count). The van der Waals surface area contributed by atoms with Crippen molar-refractivity contribution in [3.63, 3.8) is 0 Å². The van der Waals surface area contributed by atoms with Crippen LogP contribution in [0, 0.1) is 10.1 Å². The predicted molar refractivity (Wildman–Crippen MR) is 59.4 cm³/mol. The van der Waals surface area contributed by atoms with Gasteiger partial charge in [-0.3, -0.25) is 10.1 Å². The summed E-state index contributed by atoms with van der Waals surface area (Å²) in [5, 5.41) is 30.1. The average molecular weight is 280 g/mol. The Morgan fingerprint density at radius 2 is 2.00 bits per heavy atom. The normalized spacial score (nSPS) is 11.7. The lowest BCUT2D eigenvalue weighted by atomic mass is 10.1. The molecule has 1 aromatic carbocycles. The van der Waals surface area contributed by atoms with Gasteiger partial charge in [0.05, 0.1) is 10.5 Å². The van der Waals surface area contributed by atoms with E-state index in [4.69, 9.17) is 10.2 Å². The van der Waals surface area contributed by atoms with Gasteiger partial charge >= 0.3 is 6.18 Å². The van der Waals surface area contributed by atoms with Crippen LogP contribution in [0.3, 0.4) is 0 Å². The molecule has 3 N–H and O–H groups in total. The van der Waals surface area contributed by atoms with Gasteiger partial charge < -0.3 is 15.5 Å². The molecule has 1 aromatic rings. The highest BCUT2D eigenvalue weighted by atomic mass is 19.4. The Hall–Kier alpha value is -1.87. The van der Waals surface area contributed by atoms with E-state index in [1.165, 1.54) is 0 Å². The Balaban J connectivity index is 3.11. The summed E-state index contributed by atoms with van der Waals surface area (Å²) >= 11 is 0. The first kappa shape index (κ1) is 15.2. The molecule has 0 fully saturated rings. The van der Waals surface area contributed by atoms with E-state index < -0.39 is 34.3 Å². The number of hydrogen-bond donors (Lipinski definition) is 3. The van der Waals surface area contributed by atoms with E-state index >= 15 is 0 Å². The van der Waals surface area contributed by atoms with Crippen LogP contribution in [0.5, 0.6) is 0 Å². The first-order valence-electron chi connectivity index (χ1n) is 5.18. The highest BCUT2D eigenvalue weighted by molar-refractivity contribution is 5.67. The van der Waals surface area contributed by atoms with Crippen molar-refractivity contribution >= 4 is 11.4 Å². The number of nitro benzene ring substituents is 1. The Morgan fingerprint density at radius 1 is 1.37 bits per heavy atom. The molecule has 0 atom stereocenters. The standard InChI is InChI=1S/C10H11F3N2O4/c11-10(12,13)6-2-1-3-7(15(18)19)9(6)14-5-4-8(16)17/h1-3,8,14,16-17H,4-5H2. The zero-order valence-electron chi connectivity index (χ0n) is 9.52. The predicted octanol–water partition coefficient (Wildman–Crippen LogP) is 1.73. The molecule has 0 saturated carbocycles. The van der Waals surface area contributed by atoms with E-state index in [2.05, 4.69) is 5.32 Å². The number of benzene rings is 1. The lowest BCUT2D eigenvalue weighted by Crippen LogP contribution is -2.16. The van der Waals surface area contributed by atoms with Crippen LogP contribution in [0.25, 0.3) is 0 Å². The summed E-state index contributed by atoms with van der Waals surface area (Å²) in [6.45, 7) is -0.244. The molecule has 106 valence electrons. The Kier molecular flexibility index (Phi) is 4.67. The lowest BCUT2D eigenvalue weighted by molar-refractivity contribution is -0.384. The molecule has 0 aliphatic rings. The summed E-state index contributed by atoms with van der Waals surface area (Å²) in [7, 11) is 0. The van der Waals surface area contributed by atoms with Crippen molar-refractivity contribution in [1.82, 2.24) is 0 Å². The van der Waals surface area contributed by atoms with Crippen LogP contribution in [0.15, 0.2) is 18.2 Å². The van der Waals surface area contributed by atoms with Gasteiger partial charge in [-0.1, -0.05) is 6.07 Å². The van der Waals surface area contributed by atoms with E-state index in [1.807, 2.05) is 0 Å². The minimum absolute atomic E-state index is 0.244. The van der Waals surface area contributed by atoms with Crippen molar-refractivity contribution < 1.29 is 28.3 Å². The third kappa shape index (κ3) is 4.07. The quantitative estimate of drug-likeness (QED) is 0.433. The van der Waals surface area contributed by atoms with Gasteiger partial charge in [0.15, 0.2) is 6.29 Å². The minimum atomic E-state index is -4.74. The topological polar surface area (TPSA) is 95.6 Å². The van der Waals surface area contributed by atoms with Gasteiger partial charge in [-0.25, -0.2) is 0 Å². The van der Waals surface area contributed by atoms with Crippen LogP contribution in [0.4, 0.5) is 24.5 Å². The van der Waals surface area contributed by atoms with Crippen molar-refractivity contribution in [1.29, 1.82) is 0 Å². The minimum Gasteiger partial charge on any atom is -0.379 e. The van der Waals surface area contributed by atoms with E-state index in [9.17, 15) is 23.3 Å². The Labute approximate surface area is 105 Å². The molecule has 0 aliphatic heterocycles. The largest absolute Gasteiger partial charge is 0.418 e. The molecule has 19 heavy (non-hydrogen) atoms. The molecular formula is C10H11F3N2O4. The van der Waals surface area contributed by atoms with Crippen molar-refractivity contribution in [2.24, 2.45) is 0 Å². The summed E-state index contributed by atoms with van der Waals surface area (Å²) in [6, 6.07) is 2.59. The maximum atomic E-state index is 12.7. The molecule has 0 radical (unpaired) electrons. The van der Waals surface area contributed by atoms with E-state index in [0.29, 0.717) is 6.07 Å². The molecule has 9 heteroatoms. The number of nitrogens with zero attached hydrogens (tertiary/aromatic N) is 1. The fourth-order valence-corrected chi connectivity index (χ4v) is 1.44. The van der Waals surface area contributed by atoms with Gasteiger partial charge in [0.2, 0.25) is 0 Å². The maximum absolute atomic E-state index is 12.7. The zero-order valence-corrected chi connectivity index (χ0v) is 9.52. The van der Waals surface area contributed by atoms with Crippen LogP contribution >= 0.6 is 0 Å². The summed E-state index contributed by atoms with van der Waals surface area (Å²) in [4.78, 5) is 9.76. The first-order valence-corrected chi connectivity index (χ1v) is 5.18. The maximum Gasteiger partial charge on any atom is 0.418 e. The molecule has 0 bridgehead atoms. The Morgan fingerprint density at radius 3 is 2.47 bits per heavy atom. The van der Waals surface area contributed by atoms with E-state index in [0.717, 1.165) is 12.1 Å². The second kappa shape index (κ2) is 5.85. The van der Waals surface area contributed by atoms with Crippen molar-refractivity contribution in [3.05, 3.63) is 33.9 Å². The SMILES string of the molecule is O=[N+]([O-])c1cccc(C(F)(F)F)c1NCCC(O)O. The second-order valence-electron chi connectivity index (χ2n) is 3.65. The molecular weight excluding hydrogens is 269 g/mol. The van der Waals surface area contributed by atoms with Crippen LogP contribution in [-0.2, 0) is 6.18 Å². The monoisotopic (exact) mass is 280 g/mol. The number of anilines is 1. The number of rotatable bonds is 5. The van der Waals surface area contributed by atoms with Gasteiger partial charge in [0.1, 0.15) is 5.69 Å².